The third-order valence-electron chi connectivity index (χ3n) is 5.73. The minimum absolute atomic E-state index is 0.0779. The monoisotopic (exact) mass is 499 g/mol. The lowest BCUT2D eigenvalue weighted by Crippen LogP contribution is -2.52. The van der Waals surface area contributed by atoms with Crippen molar-refractivity contribution in [2.75, 3.05) is 18.9 Å². The van der Waals surface area contributed by atoms with E-state index in [9.17, 15) is 19.5 Å². The number of carbonyl (C=O) groups excluding carboxylic acids is 2. The van der Waals surface area contributed by atoms with Crippen LogP contribution in [0.4, 0.5) is 4.79 Å². The molecular weight excluding hydrogens is 470 g/mol. The van der Waals surface area contributed by atoms with Crippen molar-refractivity contribution in [3.05, 3.63) is 59.7 Å². The van der Waals surface area contributed by atoms with Crippen molar-refractivity contribution in [1.29, 1.82) is 5.41 Å². The molecule has 0 unspecified atom stereocenters. The first-order chi connectivity index (χ1) is 16.8. The van der Waals surface area contributed by atoms with Crippen molar-refractivity contribution in [2.24, 2.45) is 5.73 Å². The predicted molar refractivity (Wildman–Crippen MR) is 135 cm³/mol. The zero-order valence-corrected chi connectivity index (χ0v) is 19.9. The second-order valence-corrected chi connectivity index (χ2v) is 8.45. The van der Waals surface area contributed by atoms with E-state index in [0.717, 1.165) is 22.3 Å². The molecule has 10 nitrogen and oxygen atoms in total. The molecule has 35 heavy (non-hydrogen) atoms. The number of alkyl carbamates (subject to hydrolysis) is 1. The number of carbonyl (C=O) groups is 3. The predicted octanol–water partition coefficient (Wildman–Crippen LogP) is 1.66. The second-order valence-electron chi connectivity index (χ2n) is 8.09. The third kappa shape index (κ3) is 6.66. The number of ether oxygens (including phenoxy) is 1. The molecule has 0 saturated heterocycles. The molecule has 7 N–H and O–H groups in total. The maximum Gasteiger partial charge on any atom is 0.407 e. The standard InChI is InChI=1S/C24H29N5O5S/c25-23(26)27-11-5-10-19(21(30)28-20(13-35)22(31)32)29-24(33)34-12-18-16-8-3-1-6-14(16)15-7-2-4-9-17(15)18/h1-4,6-9,18-20,35H,5,10-13H2,(H,28,30)(H,29,33)(H,31,32)(H4,25,26,27)/t19-,20-/m0/s1. The number of carboxylic acids is 1. The highest BCUT2D eigenvalue weighted by Crippen LogP contribution is 2.44. The lowest BCUT2D eigenvalue weighted by atomic mass is 9.98. The summed E-state index contributed by atoms with van der Waals surface area (Å²) in [6, 6.07) is 13.6. The van der Waals surface area contributed by atoms with Gasteiger partial charge in [0.05, 0.1) is 0 Å². The van der Waals surface area contributed by atoms with Gasteiger partial charge in [0.15, 0.2) is 5.96 Å². The Morgan fingerprint density at radius 2 is 1.63 bits per heavy atom. The Bertz CT molecular complexity index is 1050. The summed E-state index contributed by atoms with van der Waals surface area (Å²) in [5.74, 6) is -2.35. The Morgan fingerprint density at radius 3 is 2.17 bits per heavy atom. The van der Waals surface area contributed by atoms with E-state index in [1.54, 1.807) is 0 Å². The van der Waals surface area contributed by atoms with Crippen molar-refractivity contribution in [1.82, 2.24) is 16.0 Å². The van der Waals surface area contributed by atoms with Crippen LogP contribution in [0.5, 0.6) is 0 Å². The topological polar surface area (TPSA) is 167 Å². The molecule has 186 valence electrons. The van der Waals surface area contributed by atoms with Crippen molar-refractivity contribution < 1.29 is 24.2 Å². The van der Waals surface area contributed by atoms with Gasteiger partial charge in [0.2, 0.25) is 5.91 Å². The van der Waals surface area contributed by atoms with Gasteiger partial charge >= 0.3 is 12.1 Å². The van der Waals surface area contributed by atoms with E-state index in [0.29, 0.717) is 13.0 Å². The van der Waals surface area contributed by atoms with Gasteiger partial charge in [-0.1, -0.05) is 48.5 Å². The number of benzene rings is 2. The molecule has 0 heterocycles. The average Bonchev–Trinajstić information content (AvgIpc) is 3.16. The molecule has 2 aromatic rings. The van der Waals surface area contributed by atoms with Gasteiger partial charge in [-0.05, 0) is 35.1 Å². The van der Waals surface area contributed by atoms with Crippen molar-refractivity contribution in [2.45, 2.75) is 30.8 Å². The summed E-state index contributed by atoms with van der Waals surface area (Å²) in [7, 11) is 0. The van der Waals surface area contributed by atoms with E-state index in [-0.39, 0.29) is 30.7 Å². The zero-order valence-electron chi connectivity index (χ0n) is 19.0. The zero-order chi connectivity index (χ0) is 25.4. The average molecular weight is 500 g/mol. The van der Waals surface area contributed by atoms with Crippen LogP contribution in [0.2, 0.25) is 0 Å². The fourth-order valence-electron chi connectivity index (χ4n) is 4.04. The molecule has 0 fully saturated rings. The molecular formula is C24H29N5O5S. The SMILES string of the molecule is N=C(N)NCCC[C@H](NC(=O)OCC1c2ccccc2-c2ccccc21)C(=O)N[C@@H](CS)C(=O)O. The molecule has 11 heteroatoms. The first kappa shape index (κ1) is 25.9. The van der Waals surface area contributed by atoms with Gasteiger partial charge in [0, 0.05) is 18.2 Å². The summed E-state index contributed by atoms with van der Waals surface area (Å²) in [6.45, 7) is 0.384. The number of rotatable bonds is 11. The van der Waals surface area contributed by atoms with Gasteiger partial charge in [-0.25, -0.2) is 9.59 Å². The minimum atomic E-state index is -1.23. The number of hydrogen-bond donors (Lipinski definition) is 7. The third-order valence-corrected chi connectivity index (χ3v) is 6.10. The van der Waals surface area contributed by atoms with Crippen LogP contribution >= 0.6 is 12.6 Å². The summed E-state index contributed by atoms with van der Waals surface area (Å²) in [5.41, 5.74) is 9.57. The van der Waals surface area contributed by atoms with E-state index in [2.05, 4.69) is 28.6 Å². The van der Waals surface area contributed by atoms with Crippen molar-refractivity contribution in [3.63, 3.8) is 0 Å². The second kappa shape index (κ2) is 12.1. The van der Waals surface area contributed by atoms with Gasteiger partial charge in [-0.3, -0.25) is 10.2 Å². The van der Waals surface area contributed by atoms with E-state index < -0.39 is 30.1 Å². The first-order valence-electron chi connectivity index (χ1n) is 11.1. The molecule has 0 saturated carbocycles. The number of guanidine groups is 1. The van der Waals surface area contributed by atoms with Crippen LogP contribution in [0.3, 0.4) is 0 Å². The largest absolute Gasteiger partial charge is 0.480 e. The molecule has 2 aromatic carbocycles. The Hall–Kier alpha value is -3.73. The quantitative estimate of drug-likeness (QED) is 0.107. The molecule has 0 bridgehead atoms. The molecule has 2 atom stereocenters. The lowest BCUT2D eigenvalue weighted by Gasteiger charge is -2.21. The van der Waals surface area contributed by atoms with Crippen LogP contribution in [0.15, 0.2) is 48.5 Å². The fraction of sp³-hybridized carbons (Fsp3) is 0.333. The summed E-state index contributed by atoms with van der Waals surface area (Å²) in [6.07, 6.45) is -0.223. The summed E-state index contributed by atoms with van der Waals surface area (Å²) >= 11 is 3.95. The van der Waals surface area contributed by atoms with Crippen LogP contribution in [0.1, 0.15) is 29.9 Å². The van der Waals surface area contributed by atoms with Gasteiger partial charge in [-0.2, -0.15) is 12.6 Å². The molecule has 2 amide bonds. The number of fused-ring (bicyclic) bond motifs is 3. The van der Waals surface area contributed by atoms with E-state index in [1.807, 2.05) is 48.5 Å². The van der Waals surface area contributed by atoms with Crippen LogP contribution in [-0.4, -0.2) is 60.0 Å². The van der Waals surface area contributed by atoms with E-state index in [4.69, 9.17) is 15.9 Å². The van der Waals surface area contributed by atoms with Gasteiger partial charge in [0.1, 0.15) is 18.7 Å². The number of hydrogen-bond acceptors (Lipinski definition) is 6. The molecule has 0 aliphatic heterocycles. The Balaban J connectivity index is 1.65. The normalized spacial score (nSPS) is 13.6. The van der Waals surface area contributed by atoms with Crippen LogP contribution < -0.4 is 21.7 Å². The lowest BCUT2D eigenvalue weighted by molar-refractivity contribution is -0.141. The van der Waals surface area contributed by atoms with Gasteiger partial charge in [0.25, 0.3) is 0 Å². The van der Waals surface area contributed by atoms with E-state index in [1.165, 1.54) is 0 Å². The number of nitrogens with one attached hydrogen (secondary N) is 4. The molecule has 3 rings (SSSR count). The first-order valence-corrected chi connectivity index (χ1v) is 11.8. The Morgan fingerprint density at radius 1 is 1.03 bits per heavy atom. The number of carboxylic acid groups (broad SMARTS) is 1. The highest BCUT2D eigenvalue weighted by molar-refractivity contribution is 7.80. The molecule has 1 aliphatic carbocycles. The van der Waals surface area contributed by atoms with Crippen LogP contribution in [0.25, 0.3) is 11.1 Å². The maximum absolute atomic E-state index is 12.7. The van der Waals surface area contributed by atoms with Crippen LogP contribution in [0, 0.1) is 5.41 Å². The smallest absolute Gasteiger partial charge is 0.407 e. The van der Waals surface area contributed by atoms with Crippen LogP contribution in [-0.2, 0) is 14.3 Å². The van der Waals surface area contributed by atoms with E-state index >= 15 is 0 Å². The number of amides is 2. The van der Waals surface area contributed by atoms with Crippen molar-refractivity contribution >= 4 is 36.6 Å². The summed E-state index contributed by atoms with van der Waals surface area (Å²) < 4.78 is 5.51. The number of nitrogens with two attached hydrogens (primary N) is 1. The Kier molecular flexibility index (Phi) is 8.96. The van der Waals surface area contributed by atoms with Gasteiger partial charge < -0.3 is 31.5 Å². The van der Waals surface area contributed by atoms with Gasteiger partial charge in [-0.15, -0.1) is 0 Å². The molecule has 0 aromatic heterocycles. The van der Waals surface area contributed by atoms with Crippen molar-refractivity contribution in [3.8, 4) is 11.1 Å². The number of aliphatic carboxylic acids is 1. The summed E-state index contributed by atoms with van der Waals surface area (Å²) in [5, 5.41) is 23.9. The number of thiol groups is 1. The fourth-order valence-corrected chi connectivity index (χ4v) is 4.29. The molecule has 0 spiro atoms. The Labute approximate surface area is 208 Å². The molecule has 1 aliphatic rings. The highest BCUT2D eigenvalue weighted by atomic mass is 32.1. The minimum Gasteiger partial charge on any atom is -0.480 e. The maximum atomic E-state index is 12.7. The molecule has 0 radical (unpaired) electrons. The summed E-state index contributed by atoms with van der Waals surface area (Å²) in [4.78, 5) is 36.6. The highest BCUT2D eigenvalue weighted by Gasteiger charge is 2.30.